The van der Waals surface area contributed by atoms with Crippen LogP contribution in [0.1, 0.15) is 62.1 Å². The van der Waals surface area contributed by atoms with Gasteiger partial charge in [0.2, 0.25) is 11.8 Å². The number of hydrogen-bond acceptors (Lipinski definition) is 6. The van der Waals surface area contributed by atoms with Crippen LogP contribution >= 0.6 is 0 Å². The fourth-order valence-corrected chi connectivity index (χ4v) is 7.22. The van der Waals surface area contributed by atoms with Crippen LogP contribution in [0.3, 0.4) is 0 Å². The molecule has 1 aliphatic rings. The Kier molecular flexibility index (Phi) is 11.5. The number of methoxy groups -OCH3 is 2. The largest absolute Gasteiger partial charge is 0.493 e. The summed E-state index contributed by atoms with van der Waals surface area (Å²) in [5.41, 5.74) is 3.01. The Labute approximate surface area is 267 Å². The third-order valence-corrected chi connectivity index (χ3v) is 10.1. The quantitative estimate of drug-likeness (QED) is 0.256. The van der Waals surface area contributed by atoms with Crippen molar-refractivity contribution >= 4 is 27.5 Å². The van der Waals surface area contributed by atoms with Crippen molar-refractivity contribution in [3.8, 4) is 11.5 Å². The van der Waals surface area contributed by atoms with Gasteiger partial charge in [-0.05, 0) is 62.9 Å². The SMILES string of the molecule is CC[C@@H](C(=O)NC1CCCCC1)N(Cc1cccc(C)c1)C(=O)CN(c1ccc(OC)c(OC)c1)S(=O)(=O)c1ccc(C)cc1. The van der Waals surface area contributed by atoms with Gasteiger partial charge in [0.25, 0.3) is 10.0 Å². The highest BCUT2D eigenvalue weighted by Gasteiger charge is 2.34. The van der Waals surface area contributed by atoms with E-state index in [9.17, 15) is 18.0 Å². The molecule has 0 aliphatic heterocycles. The average Bonchev–Trinajstić information content (AvgIpc) is 3.03. The molecule has 1 aliphatic carbocycles. The molecule has 0 saturated heterocycles. The number of rotatable bonds is 13. The highest BCUT2D eigenvalue weighted by Crippen LogP contribution is 2.34. The highest BCUT2D eigenvalue weighted by molar-refractivity contribution is 7.92. The van der Waals surface area contributed by atoms with E-state index in [1.807, 2.05) is 45.0 Å². The van der Waals surface area contributed by atoms with Crippen molar-refractivity contribution in [2.24, 2.45) is 0 Å². The summed E-state index contributed by atoms with van der Waals surface area (Å²) in [7, 11) is -1.25. The fraction of sp³-hybridized carbons (Fsp3) is 0.429. The number of benzene rings is 3. The van der Waals surface area contributed by atoms with Gasteiger partial charge in [-0.25, -0.2) is 8.42 Å². The number of carbonyl (C=O) groups is 2. The van der Waals surface area contributed by atoms with Crippen molar-refractivity contribution in [3.63, 3.8) is 0 Å². The summed E-state index contributed by atoms with van der Waals surface area (Å²) in [6, 6.07) is 18.3. The van der Waals surface area contributed by atoms with E-state index in [0.717, 1.165) is 53.1 Å². The van der Waals surface area contributed by atoms with Gasteiger partial charge in [-0.1, -0.05) is 73.7 Å². The van der Waals surface area contributed by atoms with Crippen LogP contribution in [0.15, 0.2) is 71.6 Å². The number of hydrogen-bond donors (Lipinski definition) is 1. The molecule has 1 fully saturated rings. The minimum absolute atomic E-state index is 0.0444. The van der Waals surface area contributed by atoms with E-state index in [0.29, 0.717) is 17.9 Å². The second-order valence-electron chi connectivity index (χ2n) is 11.6. The fourth-order valence-electron chi connectivity index (χ4n) is 5.82. The van der Waals surface area contributed by atoms with Crippen molar-refractivity contribution in [1.82, 2.24) is 10.2 Å². The molecule has 9 nitrogen and oxygen atoms in total. The van der Waals surface area contributed by atoms with E-state index in [4.69, 9.17) is 9.47 Å². The molecule has 242 valence electrons. The minimum atomic E-state index is -4.21. The van der Waals surface area contributed by atoms with Crippen LogP contribution in [-0.2, 0) is 26.2 Å². The van der Waals surface area contributed by atoms with Crippen LogP contribution in [0.2, 0.25) is 0 Å². The molecule has 0 spiro atoms. The zero-order valence-electron chi connectivity index (χ0n) is 26.9. The molecular weight excluding hydrogens is 590 g/mol. The topological polar surface area (TPSA) is 105 Å². The molecule has 1 N–H and O–H groups in total. The molecule has 3 aromatic rings. The van der Waals surface area contributed by atoms with Gasteiger partial charge in [0, 0.05) is 18.7 Å². The number of amides is 2. The first kappa shape index (κ1) is 33.8. The normalized spacial score (nSPS) is 14.3. The van der Waals surface area contributed by atoms with E-state index in [2.05, 4.69) is 5.32 Å². The molecule has 0 bridgehead atoms. The van der Waals surface area contributed by atoms with Gasteiger partial charge in [0.1, 0.15) is 12.6 Å². The first-order chi connectivity index (χ1) is 21.6. The number of carbonyl (C=O) groups excluding carboxylic acids is 2. The Bertz CT molecular complexity index is 1570. The van der Waals surface area contributed by atoms with E-state index < -0.39 is 28.5 Å². The predicted octanol–water partition coefficient (Wildman–Crippen LogP) is 5.77. The van der Waals surface area contributed by atoms with E-state index in [1.54, 1.807) is 24.3 Å². The molecule has 0 heterocycles. The smallest absolute Gasteiger partial charge is 0.264 e. The molecule has 45 heavy (non-hydrogen) atoms. The minimum Gasteiger partial charge on any atom is -0.493 e. The first-order valence-electron chi connectivity index (χ1n) is 15.5. The third kappa shape index (κ3) is 8.36. The van der Waals surface area contributed by atoms with Crippen molar-refractivity contribution in [3.05, 3.63) is 83.4 Å². The highest BCUT2D eigenvalue weighted by atomic mass is 32.2. The number of ether oxygens (including phenoxy) is 2. The molecule has 1 atom stereocenters. The monoisotopic (exact) mass is 635 g/mol. The van der Waals surface area contributed by atoms with E-state index >= 15 is 0 Å². The number of aryl methyl sites for hydroxylation is 2. The second kappa shape index (κ2) is 15.3. The average molecular weight is 636 g/mol. The molecule has 0 radical (unpaired) electrons. The van der Waals surface area contributed by atoms with Gasteiger partial charge < -0.3 is 19.7 Å². The molecular formula is C35H45N3O6S. The summed E-state index contributed by atoms with van der Waals surface area (Å²) in [6.07, 6.45) is 5.47. The lowest BCUT2D eigenvalue weighted by Gasteiger charge is -2.34. The Hall–Kier alpha value is -4.05. The van der Waals surface area contributed by atoms with Gasteiger partial charge >= 0.3 is 0 Å². The summed E-state index contributed by atoms with van der Waals surface area (Å²) in [4.78, 5) is 29.7. The van der Waals surface area contributed by atoms with Crippen molar-refractivity contribution in [2.75, 3.05) is 25.1 Å². The number of sulfonamides is 1. The summed E-state index contributed by atoms with van der Waals surface area (Å²) in [5, 5.41) is 3.18. The molecule has 0 aromatic heterocycles. The van der Waals surface area contributed by atoms with Gasteiger partial charge in [0.05, 0.1) is 24.8 Å². The Morgan fingerprint density at radius 1 is 0.889 bits per heavy atom. The van der Waals surface area contributed by atoms with Gasteiger partial charge in [0.15, 0.2) is 11.5 Å². The van der Waals surface area contributed by atoms with Crippen molar-refractivity contribution in [1.29, 1.82) is 0 Å². The molecule has 2 amide bonds. The number of nitrogens with zero attached hydrogens (tertiary/aromatic N) is 2. The second-order valence-corrected chi connectivity index (χ2v) is 13.5. The van der Waals surface area contributed by atoms with Crippen LogP contribution in [0.25, 0.3) is 0 Å². The Morgan fingerprint density at radius 2 is 1.58 bits per heavy atom. The molecule has 3 aromatic carbocycles. The molecule has 4 rings (SSSR count). The summed E-state index contributed by atoms with van der Waals surface area (Å²) >= 11 is 0. The van der Waals surface area contributed by atoms with Gasteiger partial charge in [-0.3, -0.25) is 13.9 Å². The maximum Gasteiger partial charge on any atom is 0.264 e. The maximum absolute atomic E-state index is 14.4. The molecule has 10 heteroatoms. The standard InChI is InChI=1S/C35H45N3O6S/c1-6-31(35(40)36-28-13-8-7-9-14-28)37(23-27-12-10-11-26(3)21-27)34(39)24-38(29-17-20-32(43-4)33(22-29)44-5)45(41,42)30-18-15-25(2)16-19-30/h10-12,15-22,28,31H,6-9,13-14,23-24H2,1-5H3,(H,36,40)/t31-/m0/s1. The summed E-state index contributed by atoms with van der Waals surface area (Å²) < 4.78 is 40.3. The molecule has 0 unspecified atom stereocenters. The van der Waals surface area contributed by atoms with Gasteiger partial charge in [-0.2, -0.15) is 0 Å². The lowest BCUT2D eigenvalue weighted by atomic mass is 9.95. The first-order valence-corrected chi connectivity index (χ1v) is 17.0. The Morgan fingerprint density at radius 3 is 2.20 bits per heavy atom. The van der Waals surface area contributed by atoms with E-state index in [1.165, 1.54) is 37.3 Å². The van der Waals surface area contributed by atoms with Crippen molar-refractivity contribution in [2.45, 2.75) is 82.8 Å². The zero-order chi connectivity index (χ0) is 32.6. The summed E-state index contributed by atoms with van der Waals surface area (Å²) in [5.74, 6) is 0.0327. The van der Waals surface area contributed by atoms with Crippen molar-refractivity contribution < 1.29 is 27.5 Å². The summed E-state index contributed by atoms with van der Waals surface area (Å²) in [6.45, 7) is 5.34. The van der Waals surface area contributed by atoms with Crippen LogP contribution in [0.4, 0.5) is 5.69 Å². The lowest BCUT2D eigenvalue weighted by molar-refractivity contribution is -0.140. The lowest BCUT2D eigenvalue weighted by Crippen LogP contribution is -2.54. The zero-order valence-corrected chi connectivity index (χ0v) is 27.7. The van der Waals surface area contributed by atoms with Crippen LogP contribution in [0.5, 0.6) is 11.5 Å². The maximum atomic E-state index is 14.4. The number of nitrogens with one attached hydrogen (secondary N) is 1. The van der Waals surface area contributed by atoms with E-state index in [-0.39, 0.29) is 29.1 Å². The van der Waals surface area contributed by atoms with Crippen LogP contribution in [0, 0.1) is 13.8 Å². The number of anilines is 1. The molecule has 1 saturated carbocycles. The predicted molar refractivity (Wildman–Crippen MR) is 176 cm³/mol. The Balaban J connectivity index is 1.75. The third-order valence-electron chi connectivity index (χ3n) is 8.32. The van der Waals surface area contributed by atoms with Crippen LogP contribution in [-0.4, -0.2) is 58.0 Å². The van der Waals surface area contributed by atoms with Crippen LogP contribution < -0.4 is 19.1 Å². The van der Waals surface area contributed by atoms with Gasteiger partial charge in [-0.15, -0.1) is 0 Å².